The lowest BCUT2D eigenvalue weighted by Gasteiger charge is -2.56. The van der Waals surface area contributed by atoms with Crippen LogP contribution in [0.3, 0.4) is 0 Å². The maximum atomic E-state index is 10.5. The number of benzene rings is 1. The fourth-order valence-corrected chi connectivity index (χ4v) is 5.70. The highest BCUT2D eigenvalue weighted by atomic mass is 16.5. The molecule has 5 rings (SSSR count). The van der Waals surface area contributed by atoms with Crippen LogP contribution >= 0.6 is 0 Å². The Kier molecular flexibility index (Phi) is 2.70. The second-order valence-corrected chi connectivity index (χ2v) is 7.42. The Hall–Kier alpha value is -1.42. The van der Waals surface area contributed by atoms with Crippen LogP contribution in [0.4, 0.5) is 5.69 Å². The zero-order valence-corrected chi connectivity index (χ0v) is 13.0. The van der Waals surface area contributed by atoms with Crippen LogP contribution in [0.5, 0.6) is 11.5 Å². The standard InChI is InChI=1S/C18H24N2O2/c21-15-10-13-11(16-17(15)22-8-7-20-16)9-14-12-3-1-2-4-18(12,13)5-6-19-14/h10,12,14,19-21H,1-9H2/t12-,14?,18+/m1/s1. The number of phenols is 1. The van der Waals surface area contributed by atoms with E-state index < -0.39 is 0 Å². The number of nitrogens with one attached hydrogen (secondary N) is 2. The first kappa shape index (κ1) is 13.1. The van der Waals surface area contributed by atoms with Gasteiger partial charge in [-0.3, -0.25) is 0 Å². The number of anilines is 1. The molecule has 0 amide bonds. The van der Waals surface area contributed by atoms with E-state index >= 15 is 0 Å². The molecular weight excluding hydrogens is 276 g/mol. The Bertz CT molecular complexity index is 626. The van der Waals surface area contributed by atoms with Crippen molar-refractivity contribution >= 4 is 5.69 Å². The van der Waals surface area contributed by atoms with Crippen molar-refractivity contribution in [3.8, 4) is 11.5 Å². The lowest BCUT2D eigenvalue weighted by atomic mass is 9.52. The third-order valence-corrected chi connectivity index (χ3v) is 6.54. The maximum Gasteiger partial charge on any atom is 0.184 e. The number of hydrogen-bond acceptors (Lipinski definition) is 4. The molecule has 2 heterocycles. The molecule has 1 unspecified atom stereocenters. The average Bonchev–Trinajstić information content (AvgIpc) is 2.56. The fourth-order valence-electron chi connectivity index (χ4n) is 5.70. The number of rotatable bonds is 0. The molecule has 3 N–H and O–H groups in total. The summed E-state index contributed by atoms with van der Waals surface area (Å²) >= 11 is 0. The zero-order valence-electron chi connectivity index (χ0n) is 13.0. The van der Waals surface area contributed by atoms with Gasteiger partial charge in [0.1, 0.15) is 6.61 Å². The van der Waals surface area contributed by atoms with E-state index in [1.165, 1.54) is 43.2 Å². The van der Waals surface area contributed by atoms with Gasteiger partial charge in [0.2, 0.25) is 0 Å². The van der Waals surface area contributed by atoms with E-state index in [-0.39, 0.29) is 5.41 Å². The topological polar surface area (TPSA) is 53.5 Å². The first-order valence-electron chi connectivity index (χ1n) is 8.79. The van der Waals surface area contributed by atoms with Gasteiger partial charge in [0.25, 0.3) is 0 Å². The molecule has 2 aliphatic carbocycles. The van der Waals surface area contributed by atoms with Gasteiger partial charge in [0.05, 0.1) is 5.69 Å². The Morgan fingerprint density at radius 1 is 1.23 bits per heavy atom. The SMILES string of the molecule is Oc1cc2c(c3c1OCCN3)CC1NCC[C@]23CCCC[C@H]13. The van der Waals surface area contributed by atoms with Crippen LogP contribution in [0.15, 0.2) is 6.07 Å². The maximum absolute atomic E-state index is 10.5. The van der Waals surface area contributed by atoms with Crippen LogP contribution in [-0.2, 0) is 11.8 Å². The Labute approximate surface area is 131 Å². The van der Waals surface area contributed by atoms with E-state index in [9.17, 15) is 5.11 Å². The molecule has 0 radical (unpaired) electrons. The first-order valence-corrected chi connectivity index (χ1v) is 8.79. The molecule has 4 aliphatic rings. The van der Waals surface area contributed by atoms with E-state index in [0.717, 1.165) is 31.1 Å². The third-order valence-electron chi connectivity index (χ3n) is 6.54. The lowest BCUT2D eigenvalue weighted by Crippen LogP contribution is -2.59. The lowest BCUT2D eigenvalue weighted by molar-refractivity contribution is 0.0794. The van der Waals surface area contributed by atoms with Gasteiger partial charge in [-0.1, -0.05) is 12.8 Å². The summed E-state index contributed by atoms with van der Waals surface area (Å²) in [4.78, 5) is 0. The molecule has 1 saturated heterocycles. The monoisotopic (exact) mass is 300 g/mol. The van der Waals surface area contributed by atoms with Crippen molar-refractivity contribution in [1.29, 1.82) is 0 Å². The molecule has 0 spiro atoms. The Morgan fingerprint density at radius 2 is 2.18 bits per heavy atom. The van der Waals surface area contributed by atoms with E-state index in [1.54, 1.807) is 0 Å². The van der Waals surface area contributed by atoms with E-state index in [2.05, 4.69) is 10.6 Å². The number of phenolic OH excluding ortho intramolecular Hbond substituents is 1. The molecule has 1 aromatic carbocycles. The van der Waals surface area contributed by atoms with Gasteiger partial charge in [-0.15, -0.1) is 0 Å². The zero-order chi connectivity index (χ0) is 14.7. The quantitative estimate of drug-likeness (QED) is 0.689. The average molecular weight is 300 g/mol. The van der Waals surface area contributed by atoms with E-state index in [4.69, 9.17) is 4.74 Å². The van der Waals surface area contributed by atoms with Gasteiger partial charge in [-0.25, -0.2) is 0 Å². The fraction of sp³-hybridized carbons (Fsp3) is 0.667. The number of piperidine rings is 1. The predicted octanol–water partition coefficient (Wildman–Crippen LogP) is 2.54. The van der Waals surface area contributed by atoms with Crippen LogP contribution in [0, 0.1) is 5.92 Å². The molecule has 3 atom stereocenters. The van der Waals surface area contributed by atoms with Crippen molar-refractivity contribution in [2.24, 2.45) is 5.92 Å². The molecule has 4 heteroatoms. The molecule has 0 aromatic heterocycles. The molecule has 118 valence electrons. The van der Waals surface area contributed by atoms with Crippen LogP contribution in [0.25, 0.3) is 0 Å². The summed E-state index contributed by atoms with van der Waals surface area (Å²) in [6, 6.07) is 2.64. The van der Waals surface area contributed by atoms with Crippen LogP contribution in [0.1, 0.15) is 43.2 Å². The predicted molar refractivity (Wildman–Crippen MR) is 85.8 cm³/mol. The van der Waals surface area contributed by atoms with Gasteiger partial charge in [-0.05, 0) is 55.3 Å². The molecule has 2 bridgehead atoms. The molecule has 2 fully saturated rings. The van der Waals surface area contributed by atoms with Gasteiger partial charge in [0.15, 0.2) is 11.5 Å². The van der Waals surface area contributed by atoms with Gasteiger partial charge >= 0.3 is 0 Å². The second kappa shape index (κ2) is 4.54. The van der Waals surface area contributed by atoms with E-state index in [0.29, 0.717) is 24.1 Å². The molecule has 4 nitrogen and oxygen atoms in total. The number of fused-ring (bicyclic) bond motifs is 3. The van der Waals surface area contributed by atoms with Crippen molar-refractivity contribution < 1.29 is 9.84 Å². The van der Waals surface area contributed by atoms with Crippen LogP contribution in [0.2, 0.25) is 0 Å². The van der Waals surface area contributed by atoms with Crippen molar-refractivity contribution in [2.45, 2.75) is 50.0 Å². The summed E-state index contributed by atoms with van der Waals surface area (Å²) < 4.78 is 5.74. The van der Waals surface area contributed by atoms with Crippen molar-refractivity contribution in [2.75, 3.05) is 25.0 Å². The Morgan fingerprint density at radius 3 is 3.14 bits per heavy atom. The van der Waals surface area contributed by atoms with Crippen molar-refractivity contribution in [3.05, 3.63) is 17.2 Å². The molecule has 22 heavy (non-hydrogen) atoms. The third kappa shape index (κ3) is 1.56. The van der Waals surface area contributed by atoms with Gasteiger partial charge < -0.3 is 20.5 Å². The minimum absolute atomic E-state index is 0.285. The smallest absolute Gasteiger partial charge is 0.184 e. The highest BCUT2D eigenvalue weighted by Gasteiger charge is 2.52. The van der Waals surface area contributed by atoms with Crippen molar-refractivity contribution in [1.82, 2.24) is 5.32 Å². The summed E-state index contributed by atoms with van der Waals surface area (Å²) in [5.41, 5.74) is 4.18. The van der Waals surface area contributed by atoms with Gasteiger partial charge in [0, 0.05) is 18.0 Å². The molecule has 1 saturated carbocycles. The highest BCUT2D eigenvalue weighted by molar-refractivity contribution is 5.73. The molecular formula is C18H24N2O2. The van der Waals surface area contributed by atoms with Gasteiger partial charge in [-0.2, -0.15) is 0 Å². The van der Waals surface area contributed by atoms with Crippen LogP contribution < -0.4 is 15.4 Å². The molecule has 2 aliphatic heterocycles. The summed E-state index contributed by atoms with van der Waals surface area (Å²) in [6.07, 6.45) is 7.57. The number of hydrogen-bond donors (Lipinski definition) is 3. The van der Waals surface area contributed by atoms with Crippen molar-refractivity contribution in [3.63, 3.8) is 0 Å². The summed E-state index contributed by atoms with van der Waals surface area (Å²) in [6.45, 7) is 2.58. The minimum Gasteiger partial charge on any atom is -0.504 e. The van der Waals surface area contributed by atoms with E-state index in [1.807, 2.05) is 6.07 Å². The first-order chi connectivity index (χ1) is 10.8. The van der Waals surface area contributed by atoms with Crippen LogP contribution in [-0.4, -0.2) is 30.8 Å². The number of aromatic hydroxyl groups is 1. The summed E-state index contributed by atoms with van der Waals surface area (Å²) in [5, 5.41) is 17.8. The second-order valence-electron chi connectivity index (χ2n) is 7.42. The normalized spacial score (nSPS) is 35.5. The number of ether oxygens (including phenoxy) is 1. The summed E-state index contributed by atoms with van der Waals surface area (Å²) in [7, 11) is 0. The largest absolute Gasteiger partial charge is 0.504 e. The highest BCUT2D eigenvalue weighted by Crippen LogP contribution is 2.57. The summed E-state index contributed by atoms with van der Waals surface area (Å²) in [5.74, 6) is 1.75. The minimum atomic E-state index is 0.285. The Balaban J connectivity index is 1.75. The molecule has 1 aromatic rings.